The third kappa shape index (κ3) is 4.04. The van der Waals surface area contributed by atoms with Crippen molar-refractivity contribution in [3.8, 4) is 28.6 Å². The Labute approximate surface area is 177 Å². The summed E-state index contributed by atoms with van der Waals surface area (Å²) in [5, 5.41) is 6.82. The van der Waals surface area contributed by atoms with E-state index in [1.54, 1.807) is 42.5 Å². The maximum absolute atomic E-state index is 12.8. The van der Waals surface area contributed by atoms with Gasteiger partial charge >= 0.3 is 0 Å². The van der Waals surface area contributed by atoms with Gasteiger partial charge in [0.15, 0.2) is 18.1 Å². The molecule has 1 aromatic heterocycles. The Morgan fingerprint density at radius 3 is 2.68 bits per heavy atom. The largest absolute Gasteiger partial charge is 0.483 e. The molecule has 1 N–H and O–H groups in total. The van der Waals surface area contributed by atoms with Crippen molar-refractivity contribution in [3.05, 3.63) is 84.3 Å². The predicted molar refractivity (Wildman–Crippen MR) is 111 cm³/mol. The molecule has 31 heavy (non-hydrogen) atoms. The number of nitrogens with one attached hydrogen (secondary N) is 1. The molecule has 0 saturated carbocycles. The fraction of sp³-hybridized carbons (Fsp3) is 0.0870. The van der Waals surface area contributed by atoms with Gasteiger partial charge in [-0.05, 0) is 24.3 Å². The molecule has 8 nitrogen and oxygen atoms in total. The topological polar surface area (TPSA) is 95.7 Å². The average Bonchev–Trinajstić information content (AvgIpc) is 3.48. The molecular formula is C23H17N3O5. The van der Waals surface area contributed by atoms with Crippen molar-refractivity contribution in [2.24, 2.45) is 0 Å². The summed E-state index contributed by atoms with van der Waals surface area (Å²) in [4.78, 5) is 17.2. The lowest BCUT2D eigenvalue weighted by atomic mass is 10.2. The van der Waals surface area contributed by atoms with Crippen molar-refractivity contribution in [2.45, 2.75) is 6.61 Å². The lowest BCUT2D eigenvalue weighted by molar-refractivity contribution is 0.102. The Hall–Kier alpha value is -4.33. The predicted octanol–water partition coefficient (Wildman–Crippen LogP) is 4.30. The van der Waals surface area contributed by atoms with E-state index in [0.29, 0.717) is 40.2 Å². The van der Waals surface area contributed by atoms with Crippen molar-refractivity contribution < 1.29 is 23.5 Å². The molecule has 0 radical (unpaired) electrons. The minimum atomic E-state index is -0.315. The number of fused-ring (bicyclic) bond motifs is 1. The number of benzene rings is 3. The molecule has 4 aromatic rings. The van der Waals surface area contributed by atoms with Crippen LogP contribution in [0.5, 0.6) is 17.2 Å². The minimum Gasteiger partial charge on any atom is -0.483 e. The minimum absolute atomic E-state index is 0.0359. The summed E-state index contributed by atoms with van der Waals surface area (Å²) >= 11 is 0. The molecule has 1 aliphatic rings. The molecule has 0 spiro atoms. The van der Waals surface area contributed by atoms with Crippen molar-refractivity contribution in [1.82, 2.24) is 10.1 Å². The third-order valence-electron chi connectivity index (χ3n) is 4.61. The Balaban J connectivity index is 1.28. The molecule has 1 amide bonds. The quantitative estimate of drug-likeness (QED) is 0.502. The standard InChI is InChI=1S/C23H17N3O5/c27-23(24-16-10-11-19-20(12-16)30-14-29-19)17-8-4-5-9-18(17)28-13-21-25-22(26-31-21)15-6-2-1-3-7-15/h1-12H,13-14H2,(H,24,27). The first-order chi connectivity index (χ1) is 15.3. The highest BCUT2D eigenvalue weighted by molar-refractivity contribution is 6.06. The lowest BCUT2D eigenvalue weighted by Gasteiger charge is -2.11. The zero-order chi connectivity index (χ0) is 21.0. The first kappa shape index (κ1) is 18.7. The van der Waals surface area contributed by atoms with Crippen LogP contribution in [-0.4, -0.2) is 22.8 Å². The summed E-state index contributed by atoms with van der Waals surface area (Å²) in [6.45, 7) is 0.208. The van der Waals surface area contributed by atoms with Crippen LogP contribution in [0.2, 0.25) is 0 Å². The molecule has 0 aliphatic carbocycles. The summed E-state index contributed by atoms with van der Waals surface area (Å²) in [6, 6.07) is 21.7. The van der Waals surface area contributed by atoms with E-state index in [9.17, 15) is 4.79 Å². The summed E-state index contributed by atoms with van der Waals surface area (Å²) in [7, 11) is 0. The molecule has 0 unspecified atom stereocenters. The highest BCUT2D eigenvalue weighted by Gasteiger charge is 2.17. The van der Waals surface area contributed by atoms with Crippen molar-refractivity contribution in [2.75, 3.05) is 12.1 Å². The van der Waals surface area contributed by atoms with E-state index in [4.69, 9.17) is 18.7 Å². The van der Waals surface area contributed by atoms with E-state index in [0.717, 1.165) is 5.56 Å². The summed E-state index contributed by atoms with van der Waals surface area (Å²) in [5.41, 5.74) is 1.82. The monoisotopic (exact) mass is 415 g/mol. The maximum atomic E-state index is 12.8. The van der Waals surface area contributed by atoms with Crippen molar-refractivity contribution in [1.29, 1.82) is 0 Å². The normalized spacial score (nSPS) is 11.9. The molecule has 0 fully saturated rings. The van der Waals surface area contributed by atoms with Crippen LogP contribution in [0.3, 0.4) is 0 Å². The number of amides is 1. The summed E-state index contributed by atoms with van der Waals surface area (Å²) < 4.78 is 21.7. The smallest absolute Gasteiger partial charge is 0.264 e. The molecule has 0 atom stereocenters. The van der Waals surface area contributed by atoms with Gasteiger partial charge in [0, 0.05) is 17.3 Å². The fourth-order valence-electron chi connectivity index (χ4n) is 3.11. The second-order valence-corrected chi connectivity index (χ2v) is 6.68. The van der Waals surface area contributed by atoms with Crippen molar-refractivity contribution >= 4 is 11.6 Å². The molecule has 1 aliphatic heterocycles. The van der Waals surface area contributed by atoms with Gasteiger partial charge in [-0.25, -0.2) is 0 Å². The maximum Gasteiger partial charge on any atom is 0.264 e. The summed E-state index contributed by atoms with van der Waals surface area (Å²) in [6.07, 6.45) is 0. The second kappa shape index (κ2) is 8.19. The Morgan fingerprint density at radius 2 is 1.77 bits per heavy atom. The van der Waals surface area contributed by atoms with Gasteiger partial charge in [-0.1, -0.05) is 47.6 Å². The lowest BCUT2D eigenvalue weighted by Crippen LogP contribution is -2.13. The van der Waals surface area contributed by atoms with Gasteiger partial charge in [-0.2, -0.15) is 4.98 Å². The van der Waals surface area contributed by atoms with Gasteiger partial charge < -0.3 is 24.1 Å². The van der Waals surface area contributed by atoms with E-state index in [1.807, 2.05) is 30.3 Å². The zero-order valence-electron chi connectivity index (χ0n) is 16.3. The van der Waals surface area contributed by atoms with E-state index in [1.165, 1.54) is 0 Å². The molecule has 2 heterocycles. The molecule has 0 saturated heterocycles. The number of carbonyl (C=O) groups excluding carboxylic acids is 1. The molecule has 8 heteroatoms. The van der Waals surface area contributed by atoms with Crippen LogP contribution < -0.4 is 19.5 Å². The van der Waals surface area contributed by atoms with Gasteiger partial charge in [0.25, 0.3) is 11.8 Å². The third-order valence-corrected chi connectivity index (χ3v) is 4.61. The molecule has 0 bridgehead atoms. The number of hydrogen-bond acceptors (Lipinski definition) is 7. The first-order valence-corrected chi connectivity index (χ1v) is 9.57. The number of anilines is 1. The van der Waals surface area contributed by atoms with Crippen LogP contribution in [0, 0.1) is 0 Å². The van der Waals surface area contributed by atoms with Gasteiger partial charge in [0.2, 0.25) is 12.6 Å². The molecule has 3 aromatic carbocycles. The Bertz CT molecular complexity index is 1220. The number of carbonyl (C=O) groups is 1. The van der Waals surface area contributed by atoms with Crippen LogP contribution in [0.15, 0.2) is 77.3 Å². The Kier molecular flexibility index (Phi) is 4.94. The van der Waals surface area contributed by atoms with Crippen LogP contribution in [0.25, 0.3) is 11.4 Å². The fourth-order valence-corrected chi connectivity index (χ4v) is 3.11. The first-order valence-electron chi connectivity index (χ1n) is 9.57. The summed E-state index contributed by atoms with van der Waals surface area (Å²) in [5.74, 6) is 2.12. The van der Waals surface area contributed by atoms with Crippen molar-refractivity contribution in [3.63, 3.8) is 0 Å². The highest BCUT2D eigenvalue weighted by atomic mass is 16.7. The number of aromatic nitrogens is 2. The number of ether oxygens (including phenoxy) is 3. The van der Waals surface area contributed by atoms with Crippen LogP contribution in [0.4, 0.5) is 5.69 Å². The van der Waals surface area contributed by atoms with Crippen LogP contribution in [0.1, 0.15) is 16.2 Å². The van der Waals surface area contributed by atoms with E-state index in [2.05, 4.69) is 15.5 Å². The van der Waals surface area contributed by atoms with Gasteiger partial charge in [0.05, 0.1) is 5.56 Å². The Morgan fingerprint density at radius 1 is 0.968 bits per heavy atom. The molecular weight excluding hydrogens is 398 g/mol. The number of para-hydroxylation sites is 1. The van der Waals surface area contributed by atoms with E-state index in [-0.39, 0.29) is 19.3 Å². The van der Waals surface area contributed by atoms with E-state index < -0.39 is 0 Å². The van der Waals surface area contributed by atoms with Gasteiger partial charge in [0.1, 0.15) is 5.75 Å². The molecule has 154 valence electrons. The van der Waals surface area contributed by atoms with Crippen LogP contribution >= 0.6 is 0 Å². The number of rotatable bonds is 6. The zero-order valence-corrected chi connectivity index (χ0v) is 16.3. The second-order valence-electron chi connectivity index (χ2n) is 6.68. The molecule has 5 rings (SSSR count). The van der Waals surface area contributed by atoms with E-state index >= 15 is 0 Å². The van der Waals surface area contributed by atoms with Crippen LogP contribution in [-0.2, 0) is 6.61 Å². The number of hydrogen-bond donors (Lipinski definition) is 1. The van der Waals surface area contributed by atoms with Gasteiger partial charge in [-0.15, -0.1) is 0 Å². The van der Waals surface area contributed by atoms with Gasteiger partial charge in [-0.3, -0.25) is 4.79 Å². The average molecular weight is 415 g/mol. The highest BCUT2D eigenvalue weighted by Crippen LogP contribution is 2.34. The SMILES string of the molecule is O=C(Nc1ccc2c(c1)OCO2)c1ccccc1OCc1nc(-c2ccccc2)no1. The number of nitrogens with zero attached hydrogens (tertiary/aromatic N) is 2.